The number of hydrogen-bond donors (Lipinski definition) is 1. The van der Waals surface area contributed by atoms with Crippen molar-refractivity contribution in [2.75, 3.05) is 5.73 Å². The highest BCUT2D eigenvalue weighted by Gasteiger charge is 2.30. The third-order valence-corrected chi connectivity index (χ3v) is 2.01. The van der Waals surface area contributed by atoms with Crippen LogP contribution in [0.5, 0.6) is 0 Å². The van der Waals surface area contributed by atoms with Crippen LogP contribution in [0, 0.1) is 0 Å². The maximum atomic E-state index is 12.3. The third kappa shape index (κ3) is 1.83. The van der Waals surface area contributed by atoms with E-state index >= 15 is 0 Å². The monoisotopic (exact) mass is 228 g/mol. The first kappa shape index (κ1) is 10.5. The SMILES string of the molecule is Nc1cnnn1-c1ccc(C(F)(F)F)cc1. The summed E-state index contributed by atoms with van der Waals surface area (Å²) in [4.78, 5) is 0. The van der Waals surface area contributed by atoms with E-state index in [2.05, 4.69) is 10.3 Å². The van der Waals surface area contributed by atoms with Gasteiger partial charge in [0.25, 0.3) is 0 Å². The standard InChI is InChI=1S/C9H7F3N4/c10-9(11,12)6-1-3-7(4-2-6)16-8(13)5-14-15-16/h1-5H,13H2. The van der Waals surface area contributed by atoms with Crippen LogP contribution in [0.15, 0.2) is 30.5 Å². The maximum absolute atomic E-state index is 12.3. The molecule has 0 spiro atoms. The van der Waals surface area contributed by atoms with E-state index in [1.807, 2.05) is 0 Å². The van der Waals surface area contributed by atoms with Crippen LogP contribution in [0.1, 0.15) is 5.56 Å². The molecule has 1 aromatic carbocycles. The lowest BCUT2D eigenvalue weighted by Gasteiger charge is -2.07. The molecule has 0 bridgehead atoms. The maximum Gasteiger partial charge on any atom is 0.416 e. The fraction of sp³-hybridized carbons (Fsp3) is 0.111. The number of nitrogens with two attached hydrogens (primary N) is 1. The van der Waals surface area contributed by atoms with Crippen LogP contribution in [-0.2, 0) is 6.18 Å². The Hall–Kier alpha value is -2.05. The summed E-state index contributed by atoms with van der Waals surface area (Å²) in [6.07, 6.45) is -3.02. The number of nitrogens with zero attached hydrogens (tertiary/aromatic N) is 3. The van der Waals surface area contributed by atoms with Gasteiger partial charge in [0, 0.05) is 0 Å². The Morgan fingerprint density at radius 2 is 1.75 bits per heavy atom. The largest absolute Gasteiger partial charge is 0.416 e. The highest BCUT2D eigenvalue weighted by molar-refractivity contribution is 5.41. The number of rotatable bonds is 1. The van der Waals surface area contributed by atoms with Gasteiger partial charge in [-0.25, -0.2) is 0 Å². The Balaban J connectivity index is 2.37. The summed E-state index contributed by atoms with van der Waals surface area (Å²) in [5.74, 6) is 0.264. The second kappa shape index (κ2) is 3.51. The molecule has 2 aromatic rings. The highest BCUT2D eigenvalue weighted by atomic mass is 19.4. The highest BCUT2D eigenvalue weighted by Crippen LogP contribution is 2.29. The van der Waals surface area contributed by atoms with Gasteiger partial charge in [-0.3, -0.25) is 0 Å². The van der Waals surface area contributed by atoms with E-state index in [1.54, 1.807) is 0 Å². The first-order chi connectivity index (χ1) is 7.48. The molecule has 0 aliphatic rings. The molecule has 2 rings (SSSR count). The normalized spacial score (nSPS) is 11.7. The second-order valence-electron chi connectivity index (χ2n) is 3.12. The molecule has 0 fully saturated rings. The molecule has 1 heterocycles. The molecule has 0 saturated heterocycles. The lowest BCUT2D eigenvalue weighted by Crippen LogP contribution is -2.06. The van der Waals surface area contributed by atoms with Crippen LogP contribution in [-0.4, -0.2) is 15.0 Å². The summed E-state index contributed by atoms with van der Waals surface area (Å²) < 4.78 is 38.1. The quantitative estimate of drug-likeness (QED) is 0.810. The topological polar surface area (TPSA) is 56.7 Å². The first-order valence-electron chi connectivity index (χ1n) is 4.32. The first-order valence-corrected chi connectivity index (χ1v) is 4.32. The molecule has 0 unspecified atom stereocenters. The Kier molecular flexibility index (Phi) is 2.30. The number of hydrogen-bond acceptors (Lipinski definition) is 3. The fourth-order valence-corrected chi connectivity index (χ4v) is 1.24. The summed E-state index contributed by atoms with van der Waals surface area (Å²) in [5.41, 5.74) is 5.23. The summed E-state index contributed by atoms with van der Waals surface area (Å²) in [5, 5.41) is 7.17. The van der Waals surface area contributed by atoms with Crippen molar-refractivity contribution in [2.24, 2.45) is 0 Å². The Labute approximate surface area is 88.5 Å². The zero-order valence-corrected chi connectivity index (χ0v) is 7.94. The van der Waals surface area contributed by atoms with Gasteiger partial charge in [0.2, 0.25) is 0 Å². The van der Waals surface area contributed by atoms with Crippen molar-refractivity contribution in [3.63, 3.8) is 0 Å². The van der Waals surface area contributed by atoms with Crippen LogP contribution < -0.4 is 5.73 Å². The van der Waals surface area contributed by atoms with Crippen molar-refractivity contribution < 1.29 is 13.2 Å². The van der Waals surface area contributed by atoms with Crippen molar-refractivity contribution in [3.8, 4) is 5.69 Å². The van der Waals surface area contributed by atoms with E-state index in [4.69, 9.17) is 5.73 Å². The lowest BCUT2D eigenvalue weighted by molar-refractivity contribution is -0.137. The van der Waals surface area contributed by atoms with Gasteiger partial charge in [-0.2, -0.15) is 17.9 Å². The molecular formula is C9H7F3N4. The minimum atomic E-state index is -4.34. The molecule has 0 aliphatic carbocycles. The van der Waals surface area contributed by atoms with Gasteiger partial charge in [-0.15, -0.1) is 5.10 Å². The van der Waals surface area contributed by atoms with Crippen LogP contribution in [0.4, 0.5) is 19.0 Å². The zero-order chi connectivity index (χ0) is 11.8. The molecule has 7 heteroatoms. The number of aromatic nitrogens is 3. The average Bonchev–Trinajstić information content (AvgIpc) is 2.63. The minimum absolute atomic E-state index is 0.264. The van der Waals surface area contributed by atoms with E-state index < -0.39 is 11.7 Å². The molecule has 0 aliphatic heterocycles. The fourth-order valence-electron chi connectivity index (χ4n) is 1.24. The Morgan fingerprint density at radius 3 is 2.19 bits per heavy atom. The second-order valence-corrected chi connectivity index (χ2v) is 3.12. The van der Waals surface area contributed by atoms with Crippen molar-refractivity contribution >= 4 is 5.82 Å². The molecule has 4 nitrogen and oxygen atoms in total. The molecule has 16 heavy (non-hydrogen) atoms. The molecule has 1 aromatic heterocycles. The van der Waals surface area contributed by atoms with E-state index in [0.717, 1.165) is 12.1 Å². The predicted octanol–water partition coefficient (Wildman–Crippen LogP) is 1.87. The number of benzene rings is 1. The lowest BCUT2D eigenvalue weighted by atomic mass is 10.2. The molecule has 0 saturated carbocycles. The number of anilines is 1. The smallest absolute Gasteiger partial charge is 0.382 e. The number of nitrogen functional groups attached to an aromatic ring is 1. The van der Waals surface area contributed by atoms with Gasteiger partial charge in [-0.1, -0.05) is 5.21 Å². The molecule has 0 atom stereocenters. The minimum Gasteiger partial charge on any atom is -0.382 e. The van der Waals surface area contributed by atoms with Gasteiger partial charge in [0.1, 0.15) is 5.82 Å². The molecule has 84 valence electrons. The number of alkyl halides is 3. The number of halogens is 3. The average molecular weight is 228 g/mol. The van der Waals surface area contributed by atoms with Crippen molar-refractivity contribution in [1.82, 2.24) is 15.0 Å². The Bertz CT molecular complexity index is 486. The Morgan fingerprint density at radius 1 is 1.12 bits per heavy atom. The van der Waals surface area contributed by atoms with Gasteiger partial charge in [-0.05, 0) is 24.3 Å². The van der Waals surface area contributed by atoms with E-state index in [-0.39, 0.29) is 5.82 Å². The van der Waals surface area contributed by atoms with Gasteiger partial charge in [0.15, 0.2) is 0 Å². The van der Waals surface area contributed by atoms with Crippen LogP contribution in [0.2, 0.25) is 0 Å². The van der Waals surface area contributed by atoms with Crippen molar-refractivity contribution in [2.45, 2.75) is 6.18 Å². The van der Waals surface area contributed by atoms with Crippen LogP contribution in [0.3, 0.4) is 0 Å². The van der Waals surface area contributed by atoms with Gasteiger partial charge >= 0.3 is 6.18 Å². The van der Waals surface area contributed by atoms with Crippen LogP contribution >= 0.6 is 0 Å². The van der Waals surface area contributed by atoms with E-state index in [9.17, 15) is 13.2 Å². The van der Waals surface area contributed by atoms with Crippen molar-refractivity contribution in [3.05, 3.63) is 36.0 Å². The molecule has 0 amide bonds. The zero-order valence-electron chi connectivity index (χ0n) is 7.94. The van der Waals surface area contributed by atoms with E-state index in [0.29, 0.717) is 5.69 Å². The van der Waals surface area contributed by atoms with E-state index in [1.165, 1.54) is 23.0 Å². The summed E-state index contributed by atoms with van der Waals surface area (Å²) in [7, 11) is 0. The van der Waals surface area contributed by atoms with Gasteiger partial charge in [0.05, 0.1) is 17.4 Å². The summed E-state index contributed by atoms with van der Waals surface area (Å²) in [6.45, 7) is 0. The summed E-state index contributed by atoms with van der Waals surface area (Å²) >= 11 is 0. The van der Waals surface area contributed by atoms with Gasteiger partial charge < -0.3 is 5.73 Å². The molecule has 2 N–H and O–H groups in total. The summed E-state index contributed by atoms with van der Waals surface area (Å²) in [6, 6.07) is 4.51. The van der Waals surface area contributed by atoms with Crippen molar-refractivity contribution in [1.29, 1.82) is 0 Å². The predicted molar refractivity (Wildman–Crippen MR) is 50.8 cm³/mol. The third-order valence-electron chi connectivity index (χ3n) is 2.01. The molecule has 0 radical (unpaired) electrons. The molecular weight excluding hydrogens is 221 g/mol. The van der Waals surface area contributed by atoms with Crippen LogP contribution in [0.25, 0.3) is 5.69 Å².